The van der Waals surface area contributed by atoms with Crippen LogP contribution in [0.25, 0.3) is 0 Å². The van der Waals surface area contributed by atoms with Crippen molar-refractivity contribution in [3.63, 3.8) is 0 Å². The molecule has 1 aromatic carbocycles. The molecule has 1 heterocycles. The fourth-order valence-electron chi connectivity index (χ4n) is 1.75. The molecule has 1 amide bonds. The molecule has 0 radical (unpaired) electrons. The molecule has 2 rings (SSSR count). The van der Waals surface area contributed by atoms with Gasteiger partial charge in [-0.3, -0.25) is 9.59 Å². The van der Waals surface area contributed by atoms with Gasteiger partial charge in [-0.1, -0.05) is 41.9 Å². The molecule has 1 unspecified atom stereocenters. The SMILES string of the molecule is CC.CC(Br)C(=O)c1ccc2c(c1)NC(=O)CC2. The largest absolute Gasteiger partial charge is 0.326 e. The average molecular weight is 312 g/mol. The lowest BCUT2D eigenvalue weighted by Crippen LogP contribution is -2.20. The van der Waals surface area contributed by atoms with Gasteiger partial charge in [0.05, 0.1) is 4.83 Å². The van der Waals surface area contributed by atoms with Gasteiger partial charge in [-0.25, -0.2) is 0 Å². The van der Waals surface area contributed by atoms with E-state index in [0.717, 1.165) is 17.7 Å². The van der Waals surface area contributed by atoms with Gasteiger partial charge >= 0.3 is 0 Å². The number of hydrogen-bond acceptors (Lipinski definition) is 2. The lowest BCUT2D eigenvalue weighted by molar-refractivity contribution is -0.116. The number of rotatable bonds is 2. The molecule has 0 fully saturated rings. The number of halogens is 1. The maximum absolute atomic E-state index is 11.8. The van der Waals surface area contributed by atoms with Crippen LogP contribution in [0.15, 0.2) is 18.2 Å². The van der Waals surface area contributed by atoms with E-state index in [2.05, 4.69) is 21.2 Å². The molecule has 0 aromatic heterocycles. The lowest BCUT2D eigenvalue weighted by Gasteiger charge is -2.17. The van der Waals surface area contributed by atoms with Crippen molar-refractivity contribution in [2.45, 2.75) is 38.4 Å². The summed E-state index contributed by atoms with van der Waals surface area (Å²) in [4.78, 5) is 22.8. The first-order chi connectivity index (χ1) is 8.58. The van der Waals surface area contributed by atoms with Crippen LogP contribution >= 0.6 is 15.9 Å². The maximum atomic E-state index is 11.8. The molecular formula is C14H18BrNO2. The second-order valence-corrected chi connectivity index (χ2v) is 5.27. The molecule has 0 bridgehead atoms. The number of amides is 1. The van der Waals surface area contributed by atoms with Crippen molar-refractivity contribution in [1.82, 2.24) is 0 Å². The van der Waals surface area contributed by atoms with Gasteiger partial charge in [0.2, 0.25) is 5.91 Å². The van der Waals surface area contributed by atoms with E-state index in [4.69, 9.17) is 0 Å². The topological polar surface area (TPSA) is 46.2 Å². The summed E-state index contributed by atoms with van der Waals surface area (Å²) in [5.41, 5.74) is 2.50. The van der Waals surface area contributed by atoms with E-state index in [-0.39, 0.29) is 16.5 Å². The molecule has 4 heteroatoms. The Labute approximate surface area is 116 Å². The highest BCUT2D eigenvalue weighted by Gasteiger charge is 2.18. The fourth-order valence-corrected chi connectivity index (χ4v) is 2.02. The van der Waals surface area contributed by atoms with Crippen LogP contribution in [-0.2, 0) is 11.2 Å². The number of carbonyl (C=O) groups is 2. The number of benzene rings is 1. The number of nitrogens with one attached hydrogen (secondary N) is 1. The number of anilines is 1. The summed E-state index contributed by atoms with van der Waals surface area (Å²) in [5, 5.41) is 2.79. The zero-order valence-corrected chi connectivity index (χ0v) is 12.5. The van der Waals surface area contributed by atoms with Crippen LogP contribution in [0.5, 0.6) is 0 Å². The smallest absolute Gasteiger partial charge is 0.224 e. The predicted octanol–water partition coefficient (Wildman–Crippen LogP) is 3.56. The standard InChI is InChI=1S/C12H12BrNO2.C2H6/c1-7(13)12(16)9-3-2-8-4-5-11(15)14-10(8)6-9;1-2/h2-3,6-7H,4-5H2,1H3,(H,14,15);1-2H3. The summed E-state index contributed by atoms with van der Waals surface area (Å²) in [7, 11) is 0. The Hall–Kier alpha value is -1.16. The van der Waals surface area contributed by atoms with Crippen molar-refractivity contribution in [3.8, 4) is 0 Å². The average Bonchev–Trinajstić information content (AvgIpc) is 2.39. The fraction of sp³-hybridized carbons (Fsp3) is 0.429. The van der Waals surface area contributed by atoms with Gasteiger partial charge < -0.3 is 5.32 Å². The normalized spacial score (nSPS) is 14.8. The van der Waals surface area contributed by atoms with Crippen molar-refractivity contribution in [1.29, 1.82) is 0 Å². The lowest BCUT2D eigenvalue weighted by atomic mass is 9.99. The number of alkyl halides is 1. The predicted molar refractivity (Wildman–Crippen MR) is 77.5 cm³/mol. The van der Waals surface area contributed by atoms with Crippen molar-refractivity contribution in [2.75, 3.05) is 5.32 Å². The van der Waals surface area contributed by atoms with Crippen LogP contribution in [-0.4, -0.2) is 16.5 Å². The van der Waals surface area contributed by atoms with E-state index in [1.165, 1.54) is 0 Å². The molecular weight excluding hydrogens is 294 g/mol. The zero-order valence-electron chi connectivity index (χ0n) is 10.9. The molecule has 3 nitrogen and oxygen atoms in total. The first-order valence-corrected chi connectivity index (χ1v) is 7.10. The van der Waals surface area contributed by atoms with Crippen LogP contribution in [0.4, 0.5) is 5.69 Å². The van der Waals surface area contributed by atoms with Crippen molar-refractivity contribution >= 4 is 33.3 Å². The van der Waals surface area contributed by atoms with E-state index >= 15 is 0 Å². The Kier molecular flexibility index (Phi) is 5.54. The second-order valence-electron chi connectivity index (χ2n) is 3.90. The summed E-state index contributed by atoms with van der Waals surface area (Å²) >= 11 is 3.25. The van der Waals surface area contributed by atoms with Crippen LogP contribution in [0.3, 0.4) is 0 Å². The Bertz CT molecular complexity index is 455. The van der Waals surface area contributed by atoms with Crippen LogP contribution < -0.4 is 5.32 Å². The molecule has 1 aliphatic rings. The van der Waals surface area contributed by atoms with Gasteiger partial charge in [0.15, 0.2) is 5.78 Å². The quantitative estimate of drug-likeness (QED) is 0.670. The van der Waals surface area contributed by atoms with Gasteiger partial charge in [0, 0.05) is 17.7 Å². The Morgan fingerprint density at radius 1 is 1.33 bits per heavy atom. The van der Waals surface area contributed by atoms with Crippen molar-refractivity contribution < 1.29 is 9.59 Å². The highest BCUT2D eigenvalue weighted by Crippen LogP contribution is 2.24. The van der Waals surface area contributed by atoms with E-state index in [9.17, 15) is 9.59 Å². The molecule has 1 aromatic rings. The van der Waals surface area contributed by atoms with Crippen LogP contribution in [0.2, 0.25) is 0 Å². The Morgan fingerprint density at radius 3 is 2.61 bits per heavy atom. The minimum Gasteiger partial charge on any atom is -0.326 e. The molecule has 1 aliphatic heterocycles. The summed E-state index contributed by atoms with van der Waals surface area (Å²) in [5.74, 6) is 0.0478. The van der Waals surface area contributed by atoms with Crippen LogP contribution in [0, 0.1) is 0 Å². The number of hydrogen-bond donors (Lipinski definition) is 1. The van der Waals surface area contributed by atoms with Gasteiger partial charge in [-0.2, -0.15) is 0 Å². The maximum Gasteiger partial charge on any atom is 0.224 e. The molecule has 18 heavy (non-hydrogen) atoms. The minimum absolute atomic E-state index is 0.0176. The van der Waals surface area contributed by atoms with Gasteiger partial charge in [-0.05, 0) is 25.0 Å². The Morgan fingerprint density at radius 2 is 2.00 bits per heavy atom. The van der Waals surface area contributed by atoms with Crippen LogP contribution in [0.1, 0.15) is 43.1 Å². The number of ketones is 1. The van der Waals surface area contributed by atoms with E-state index < -0.39 is 0 Å². The highest BCUT2D eigenvalue weighted by molar-refractivity contribution is 9.10. The third-order valence-corrected chi connectivity index (χ3v) is 3.07. The van der Waals surface area contributed by atoms with E-state index in [0.29, 0.717) is 12.0 Å². The summed E-state index contributed by atoms with van der Waals surface area (Å²) < 4.78 is 0. The zero-order chi connectivity index (χ0) is 13.7. The number of fused-ring (bicyclic) bond motifs is 1. The molecule has 98 valence electrons. The highest BCUT2D eigenvalue weighted by atomic mass is 79.9. The number of aryl methyl sites for hydroxylation is 1. The third-order valence-electron chi connectivity index (χ3n) is 2.65. The molecule has 1 atom stereocenters. The monoisotopic (exact) mass is 311 g/mol. The third kappa shape index (κ3) is 3.42. The Balaban J connectivity index is 0.000000771. The number of carbonyl (C=O) groups excluding carboxylic acids is 2. The van der Waals surface area contributed by atoms with E-state index in [1.807, 2.05) is 26.0 Å². The van der Waals surface area contributed by atoms with E-state index in [1.54, 1.807) is 13.0 Å². The molecule has 0 aliphatic carbocycles. The first kappa shape index (κ1) is 14.9. The molecule has 0 saturated heterocycles. The minimum atomic E-state index is -0.204. The van der Waals surface area contributed by atoms with Gasteiger partial charge in [0.25, 0.3) is 0 Å². The number of Topliss-reactive ketones (excluding diaryl/α,β-unsaturated/α-hetero) is 1. The van der Waals surface area contributed by atoms with Crippen molar-refractivity contribution in [3.05, 3.63) is 29.3 Å². The van der Waals surface area contributed by atoms with Gasteiger partial charge in [0.1, 0.15) is 0 Å². The first-order valence-electron chi connectivity index (χ1n) is 6.19. The summed E-state index contributed by atoms with van der Waals surface area (Å²) in [6, 6.07) is 5.49. The molecule has 1 N–H and O–H groups in total. The van der Waals surface area contributed by atoms with Crippen molar-refractivity contribution in [2.24, 2.45) is 0 Å². The second kappa shape index (κ2) is 6.69. The molecule has 0 spiro atoms. The summed E-state index contributed by atoms with van der Waals surface area (Å²) in [6.45, 7) is 5.79. The molecule has 0 saturated carbocycles. The summed E-state index contributed by atoms with van der Waals surface area (Å²) in [6.07, 6.45) is 1.27. The van der Waals surface area contributed by atoms with Gasteiger partial charge in [-0.15, -0.1) is 0 Å².